The summed E-state index contributed by atoms with van der Waals surface area (Å²) in [5.41, 5.74) is 0. The van der Waals surface area contributed by atoms with Crippen LogP contribution in [0.3, 0.4) is 0 Å². The third-order valence-electron chi connectivity index (χ3n) is 1.99. The zero-order chi connectivity index (χ0) is 10.4. The van der Waals surface area contributed by atoms with Crippen molar-refractivity contribution in [1.82, 2.24) is 0 Å². The minimum Gasteiger partial charge on any atom is -0.494 e. The number of ether oxygens (including phenoxy) is 2. The maximum Gasteiger partial charge on any atom is 0.156 e. The van der Waals surface area contributed by atoms with Crippen molar-refractivity contribution in [3.8, 4) is 0 Å². The van der Waals surface area contributed by atoms with E-state index < -0.39 is 6.29 Å². The molecule has 0 amide bonds. The lowest BCUT2D eigenvalue weighted by molar-refractivity contribution is -0.126. The predicted molar refractivity (Wildman–Crippen MR) is 54.6 cm³/mol. The highest BCUT2D eigenvalue weighted by Gasteiger charge is 2.09. The maximum absolute atomic E-state index is 9.36. The number of aliphatic hydroxyl groups is 1. The summed E-state index contributed by atoms with van der Waals surface area (Å²) < 4.78 is 10.5. The van der Waals surface area contributed by atoms with Crippen LogP contribution in [-0.4, -0.2) is 24.6 Å². The molecule has 0 fully saturated rings. The first-order chi connectivity index (χ1) is 6.70. The minimum absolute atomic E-state index is 0.135. The van der Waals surface area contributed by atoms with Gasteiger partial charge in [-0.15, -0.1) is 0 Å². The van der Waals surface area contributed by atoms with Crippen LogP contribution in [0, 0.1) is 5.92 Å². The van der Waals surface area contributed by atoms with Gasteiger partial charge in [0.1, 0.15) is 6.61 Å². The van der Waals surface area contributed by atoms with Gasteiger partial charge < -0.3 is 14.6 Å². The lowest BCUT2D eigenvalue weighted by Crippen LogP contribution is -2.19. The highest BCUT2D eigenvalue weighted by atomic mass is 16.6. The Kier molecular flexibility index (Phi) is 4.70. The summed E-state index contributed by atoms with van der Waals surface area (Å²) >= 11 is 0. The zero-order valence-corrected chi connectivity index (χ0v) is 8.77. The molecule has 1 aliphatic rings. The van der Waals surface area contributed by atoms with E-state index in [1.165, 1.54) is 0 Å². The molecule has 0 saturated heterocycles. The average Bonchev–Trinajstić information content (AvgIpc) is 2.19. The van der Waals surface area contributed by atoms with E-state index in [1.54, 1.807) is 0 Å². The largest absolute Gasteiger partial charge is 0.494 e. The normalized spacial score (nSPS) is 17.9. The van der Waals surface area contributed by atoms with Crippen LogP contribution < -0.4 is 0 Å². The Labute approximate surface area is 85.0 Å². The fraction of sp³-hybridized carbons (Fsp3) is 0.636. The van der Waals surface area contributed by atoms with E-state index in [1.807, 2.05) is 32.1 Å². The molecule has 0 saturated carbocycles. The number of aliphatic hydroxyl groups excluding tert-OH is 1. The Morgan fingerprint density at radius 2 is 2.36 bits per heavy atom. The van der Waals surface area contributed by atoms with Crippen molar-refractivity contribution in [1.29, 1.82) is 0 Å². The average molecular weight is 198 g/mol. The van der Waals surface area contributed by atoms with Crippen molar-refractivity contribution in [2.45, 2.75) is 26.6 Å². The SMILES string of the molecule is CC(C)C(O)OCCC1=CC=CCO1. The molecular weight excluding hydrogens is 180 g/mol. The van der Waals surface area contributed by atoms with Gasteiger partial charge >= 0.3 is 0 Å². The highest BCUT2D eigenvalue weighted by Crippen LogP contribution is 2.10. The molecule has 0 aromatic heterocycles. The van der Waals surface area contributed by atoms with Crippen molar-refractivity contribution in [2.75, 3.05) is 13.2 Å². The van der Waals surface area contributed by atoms with Crippen LogP contribution in [0.2, 0.25) is 0 Å². The van der Waals surface area contributed by atoms with Gasteiger partial charge in [0.25, 0.3) is 0 Å². The van der Waals surface area contributed by atoms with Gasteiger partial charge in [0.15, 0.2) is 6.29 Å². The summed E-state index contributed by atoms with van der Waals surface area (Å²) in [6.07, 6.45) is 5.89. The van der Waals surface area contributed by atoms with Crippen LogP contribution >= 0.6 is 0 Å². The second-order valence-electron chi connectivity index (χ2n) is 3.63. The van der Waals surface area contributed by atoms with Crippen molar-refractivity contribution < 1.29 is 14.6 Å². The van der Waals surface area contributed by atoms with Gasteiger partial charge in [-0.2, -0.15) is 0 Å². The molecule has 1 rings (SSSR count). The van der Waals surface area contributed by atoms with Gasteiger partial charge in [-0.3, -0.25) is 0 Å². The standard InChI is InChI=1S/C11H18O3/c1-9(2)11(12)14-8-6-10-5-3-4-7-13-10/h3-5,9,11-12H,6-8H2,1-2H3. The highest BCUT2D eigenvalue weighted by molar-refractivity contribution is 5.11. The van der Waals surface area contributed by atoms with Crippen LogP contribution in [0.4, 0.5) is 0 Å². The van der Waals surface area contributed by atoms with Crippen molar-refractivity contribution in [2.24, 2.45) is 5.92 Å². The number of allylic oxidation sites excluding steroid dienone is 2. The smallest absolute Gasteiger partial charge is 0.156 e. The third kappa shape index (κ3) is 3.94. The summed E-state index contributed by atoms with van der Waals surface area (Å²) in [7, 11) is 0. The summed E-state index contributed by atoms with van der Waals surface area (Å²) in [6.45, 7) is 4.98. The topological polar surface area (TPSA) is 38.7 Å². The molecule has 0 bridgehead atoms. The van der Waals surface area contributed by atoms with Crippen LogP contribution in [0.5, 0.6) is 0 Å². The Morgan fingerprint density at radius 1 is 1.57 bits per heavy atom. The van der Waals surface area contributed by atoms with Crippen molar-refractivity contribution in [3.63, 3.8) is 0 Å². The van der Waals surface area contributed by atoms with Gasteiger partial charge in [0.05, 0.1) is 12.4 Å². The van der Waals surface area contributed by atoms with Crippen molar-refractivity contribution >= 4 is 0 Å². The summed E-state index contributed by atoms with van der Waals surface area (Å²) in [6, 6.07) is 0. The quantitative estimate of drug-likeness (QED) is 0.685. The van der Waals surface area contributed by atoms with Crippen LogP contribution in [0.15, 0.2) is 24.0 Å². The lowest BCUT2D eigenvalue weighted by atomic mass is 10.2. The maximum atomic E-state index is 9.36. The van der Waals surface area contributed by atoms with E-state index in [0.29, 0.717) is 19.6 Å². The first-order valence-corrected chi connectivity index (χ1v) is 4.98. The first-order valence-electron chi connectivity index (χ1n) is 4.98. The number of hydrogen-bond donors (Lipinski definition) is 1. The Balaban J connectivity index is 2.14. The first kappa shape index (κ1) is 11.3. The zero-order valence-electron chi connectivity index (χ0n) is 8.77. The summed E-state index contributed by atoms with van der Waals surface area (Å²) in [5.74, 6) is 1.06. The second kappa shape index (κ2) is 5.83. The molecule has 1 atom stereocenters. The summed E-state index contributed by atoms with van der Waals surface area (Å²) in [5, 5.41) is 9.36. The van der Waals surface area contributed by atoms with Crippen LogP contribution in [-0.2, 0) is 9.47 Å². The predicted octanol–water partition coefficient (Wildman–Crippen LogP) is 1.84. The molecule has 3 heteroatoms. The molecule has 14 heavy (non-hydrogen) atoms. The third-order valence-corrected chi connectivity index (χ3v) is 1.99. The van der Waals surface area contributed by atoms with E-state index in [2.05, 4.69) is 0 Å². The molecule has 0 radical (unpaired) electrons. The molecule has 3 nitrogen and oxygen atoms in total. The van der Waals surface area contributed by atoms with Gasteiger partial charge in [-0.1, -0.05) is 19.9 Å². The molecule has 1 unspecified atom stereocenters. The van der Waals surface area contributed by atoms with E-state index >= 15 is 0 Å². The molecule has 1 heterocycles. The minimum atomic E-state index is -0.672. The van der Waals surface area contributed by atoms with Gasteiger partial charge in [-0.25, -0.2) is 0 Å². The van der Waals surface area contributed by atoms with E-state index in [-0.39, 0.29) is 5.92 Å². The lowest BCUT2D eigenvalue weighted by Gasteiger charge is -2.16. The monoisotopic (exact) mass is 198 g/mol. The van der Waals surface area contributed by atoms with E-state index in [4.69, 9.17) is 9.47 Å². The molecule has 0 aromatic rings. The molecule has 1 N–H and O–H groups in total. The molecule has 0 aliphatic carbocycles. The van der Waals surface area contributed by atoms with Gasteiger partial charge in [-0.05, 0) is 12.2 Å². The van der Waals surface area contributed by atoms with Crippen molar-refractivity contribution in [3.05, 3.63) is 24.0 Å². The molecular formula is C11H18O3. The Hall–Kier alpha value is -0.800. The fourth-order valence-corrected chi connectivity index (χ4v) is 1.06. The number of rotatable bonds is 5. The van der Waals surface area contributed by atoms with Gasteiger partial charge in [0, 0.05) is 12.3 Å². The fourth-order valence-electron chi connectivity index (χ4n) is 1.06. The van der Waals surface area contributed by atoms with Gasteiger partial charge in [0.2, 0.25) is 0 Å². The molecule has 1 aliphatic heterocycles. The second-order valence-corrected chi connectivity index (χ2v) is 3.63. The van der Waals surface area contributed by atoms with E-state index in [0.717, 1.165) is 5.76 Å². The Morgan fingerprint density at radius 3 is 2.93 bits per heavy atom. The molecule has 0 aromatic carbocycles. The van der Waals surface area contributed by atoms with Crippen LogP contribution in [0.25, 0.3) is 0 Å². The molecule has 80 valence electrons. The number of hydrogen-bond acceptors (Lipinski definition) is 3. The summed E-state index contributed by atoms with van der Waals surface area (Å²) in [4.78, 5) is 0. The molecule has 0 spiro atoms. The van der Waals surface area contributed by atoms with Crippen LogP contribution in [0.1, 0.15) is 20.3 Å². The van der Waals surface area contributed by atoms with E-state index in [9.17, 15) is 5.11 Å². The Bertz CT molecular complexity index is 219.